The Morgan fingerprint density at radius 1 is 1.24 bits per heavy atom. The van der Waals surface area contributed by atoms with Crippen molar-refractivity contribution >= 4 is 34.8 Å². The van der Waals surface area contributed by atoms with Gasteiger partial charge in [-0.1, -0.05) is 37.7 Å². The molecule has 0 atom stereocenters. The second-order valence-corrected chi connectivity index (χ2v) is 6.99. The molecule has 6 nitrogen and oxygen atoms in total. The molecule has 1 amide bonds. The van der Waals surface area contributed by atoms with Crippen LogP contribution >= 0.6 is 11.8 Å². The topological polar surface area (TPSA) is 64.4 Å². The lowest BCUT2D eigenvalue weighted by molar-refractivity contribution is -0.127. The first-order chi connectivity index (χ1) is 12.0. The van der Waals surface area contributed by atoms with Gasteiger partial charge >= 0.3 is 6.09 Å². The molecule has 0 bridgehead atoms. The van der Waals surface area contributed by atoms with Gasteiger partial charge in [0.2, 0.25) is 5.91 Å². The molecule has 2 rings (SSSR count). The molecule has 0 unspecified atom stereocenters. The highest BCUT2D eigenvalue weighted by Gasteiger charge is 2.20. The molecule has 1 heterocycles. The number of hydrogen-bond donors (Lipinski definition) is 0. The van der Waals surface area contributed by atoms with E-state index >= 15 is 0 Å². The second-order valence-electron chi connectivity index (χ2n) is 6.04. The number of carbonyl (C=O) groups is 2. The standard InChI is InChI=1S/C18H25N3O3S/c1-5-20(6-2)16(22)12-25-17-19-14-9-7-8-10-15(14)21(17)18(23)24-11-13(3)4/h7-10,13H,5-6,11-12H2,1-4H3. The number of thioether (sulfide) groups is 1. The first kappa shape index (κ1) is 19.3. The van der Waals surface area contributed by atoms with Crippen LogP contribution in [0.25, 0.3) is 11.0 Å². The van der Waals surface area contributed by atoms with E-state index in [1.807, 2.05) is 52.0 Å². The molecule has 0 spiro atoms. The molecule has 1 aromatic carbocycles. The Kier molecular flexibility index (Phi) is 6.87. The smallest absolute Gasteiger partial charge is 0.420 e. The number of para-hydroxylation sites is 2. The Morgan fingerprint density at radius 3 is 2.56 bits per heavy atom. The SMILES string of the molecule is CCN(CC)C(=O)CSc1nc2ccccc2n1C(=O)OCC(C)C. The van der Waals surface area contributed by atoms with Crippen molar-refractivity contribution in [1.29, 1.82) is 0 Å². The van der Waals surface area contributed by atoms with Gasteiger partial charge in [0.05, 0.1) is 23.4 Å². The summed E-state index contributed by atoms with van der Waals surface area (Å²) in [5.74, 6) is 0.519. The zero-order valence-electron chi connectivity index (χ0n) is 15.2. The molecule has 0 aliphatic carbocycles. The normalized spacial score (nSPS) is 11.1. The van der Waals surface area contributed by atoms with Crippen molar-refractivity contribution in [2.45, 2.75) is 32.9 Å². The van der Waals surface area contributed by atoms with Crippen molar-refractivity contribution in [2.24, 2.45) is 5.92 Å². The molecule has 0 radical (unpaired) electrons. The Labute approximate surface area is 152 Å². The highest BCUT2D eigenvalue weighted by molar-refractivity contribution is 7.99. The quantitative estimate of drug-likeness (QED) is 0.703. The number of imidazole rings is 1. The van der Waals surface area contributed by atoms with E-state index in [-0.39, 0.29) is 17.6 Å². The van der Waals surface area contributed by atoms with Crippen LogP contribution in [0.15, 0.2) is 29.4 Å². The average molecular weight is 363 g/mol. The zero-order valence-corrected chi connectivity index (χ0v) is 16.0. The van der Waals surface area contributed by atoms with E-state index in [2.05, 4.69) is 4.98 Å². The van der Waals surface area contributed by atoms with Gasteiger partial charge in [0.25, 0.3) is 0 Å². The van der Waals surface area contributed by atoms with Crippen LogP contribution in [0.2, 0.25) is 0 Å². The third-order valence-electron chi connectivity index (χ3n) is 3.69. The fraction of sp³-hybridized carbons (Fsp3) is 0.500. The maximum atomic E-state index is 12.5. The van der Waals surface area contributed by atoms with E-state index in [9.17, 15) is 9.59 Å². The molecule has 0 saturated heterocycles. The van der Waals surface area contributed by atoms with Gasteiger partial charge in [0.15, 0.2) is 5.16 Å². The van der Waals surface area contributed by atoms with E-state index in [0.29, 0.717) is 35.9 Å². The summed E-state index contributed by atoms with van der Waals surface area (Å²) in [6.45, 7) is 9.55. The molecule has 7 heteroatoms. The first-order valence-electron chi connectivity index (χ1n) is 8.53. The van der Waals surface area contributed by atoms with Crippen LogP contribution in [0, 0.1) is 5.92 Å². The minimum absolute atomic E-state index is 0.0316. The molecule has 0 fully saturated rings. The lowest BCUT2D eigenvalue weighted by Gasteiger charge is -2.18. The number of fused-ring (bicyclic) bond motifs is 1. The van der Waals surface area contributed by atoms with Crippen LogP contribution in [-0.4, -0.2) is 51.9 Å². The summed E-state index contributed by atoms with van der Waals surface area (Å²) in [6.07, 6.45) is -0.458. The van der Waals surface area contributed by atoms with Gasteiger partial charge in [-0.05, 0) is 31.9 Å². The number of benzene rings is 1. The van der Waals surface area contributed by atoms with Gasteiger partial charge in [0.1, 0.15) is 0 Å². The van der Waals surface area contributed by atoms with Crippen LogP contribution in [0.3, 0.4) is 0 Å². The lowest BCUT2D eigenvalue weighted by atomic mass is 10.2. The van der Waals surface area contributed by atoms with Crippen LogP contribution in [0.5, 0.6) is 0 Å². The number of nitrogens with zero attached hydrogens (tertiary/aromatic N) is 3. The van der Waals surface area contributed by atoms with Crippen molar-refractivity contribution < 1.29 is 14.3 Å². The predicted molar refractivity (Wildman–Crippen MR) is 100.0 cm³/mol. The summed E-state index contributed by atoms with van der Waals surface area (Å²) in [5, 5.41) is 0.482. The average Bonchev–Trinajstić information content (AvgIpc) is 2.97. The number of amides is 1. The largest absolute Gasteiger partial charge is 0.449 e. The molecule has 0 aliphatic rings. The third kappa shape index (κ3) is 4.75. The van der Waals surface area contributed by atoms with Crippen LogP contribution < -0.4 is 0 Å². The minimum Gasteiger partial charge on any atom is -0.449 e. The predicted octanol–water partition coefficient (Wildman–Crippen LogP) is 3.64. The fourth-order valence-electron chi connectivity index (χ4n) is 2.37. The molecular weight excluding hydrogens is 338 g/mol. The Morgan fingerprint density at radius 2 is 1.92 bits per heavy atom. The molecule has 0 saturated carbocycles. The van der Waals surface area contributed by atoms with Gasteiger partial charge in [-0.25, -0.2) is 14.3 Å². The number of aromatic nitrogens is 2. The number of hydrogen-bond acceptors (Lipinski definition) is 5. The van der Waals surface area contributed by atoms with E-state index < -0.39 is 6.09 Å². The maximum absolute atomic E-state index is 12.5. The van der Waals surface area contributed by atoms with Crippen LogP contribution in [0.1, 0.15) is 27.7 Å². The highest BCUT2D eigenvalue weighted by atomic mass is 32.2. The molecule has 0 aliphatic heterocycles. The van der Waals surface area contributed by atoms with Gasteiger partial charge in [0, 0.05) is 13.1 Å². The number of carbonyl (C=O) groups excluding carboxylic acids is 2. The first-order valence-corrected chi connectivity index (χ1v) is 9.51. The second kappa shape index (κ2) is 8.89. The van der Waals surface area contributed by atoms with Gasteiger partial charge in [-0.15, -0.1) is 0 Å². The Balaban J connectivity index is 2.24. The van der Waals surface area contributed by atoms with Gasteiger partial charge in [-0.2, -0.15) is 0 Å². The number of ether oxygens (including phenoxy) is 1. The van der Waals surface area contributed by atoms with E-state index in [4.69, 9.17) is 4.74 Å². The van der Waals surface area contributed by atoms with Gasteiger partial charge in [-0.3, -0.25) is 4.79 Å². The summed E-state index contributed by atoms with van der Waals surface area (Å²) >= 11 is 1.26. The molecular formula is C18H25N3O3S. The zero-order chi connectivity index (χ0) is 18.4. The molecule has 0 N–H and O–H groups in total. The van der Waals surface area contributed by atoms with Crippen molar-refractivity contribution in [1.82, 2.24) is 14.5 Å². The van der Waals surface area contributed by atoms with Crippen molar-refractivity contribution in [3.63, 3.8) is 0 Å². The molecule has 1 aromatic heterocycles. The highest BCUT2D eigenvalue weighted by Crippen LogP contribution is 2.24. The molecule has 136 valence electrons. The van der Waals surface area contributed by atoms with Crippen molar-refractivity contribution in [2.75, 3.05) is 25.4 Å². The summed E-state index contributed by atoms with van der Waals surface area (Å²) < 4.78 is 6.82. The third-order valence-corrected chi connectivity index (χ3v) is 4.62. The molecule has 25 heavy (non-hydrogen) atoms. The van der Waals surface area contributed by atoms with Crippen LogP contribution in [-0.2, 0) is 9.53 Å². The maximum Gasteiger partial charge on any atom is 0.420 e. The Hall–Kier alpha value is -2.02. The van der Waals surface area contributed by atoms with E-state index in [1.54, 1.807) is 4.90 Å². The summed E-state index contributed by atoms with van der Waals surface area (Å²) in [4.78, 5) is 31.0. The van der Waals surface area contributed by atoms with Gasteiger partial charge < -0.3 is 9.64 Å². The Bertz CT molecular complexity index is 738. The minimum atomic E-state index is -0.458. The number of rotatable bonds is 7. The van der Waals surface area contributed by atoms with E-state index in [0.717, 1.165) is 0 Å². The monoisotopic (exact) mass is 363 g/mol. The summed E-state index contributed by atoms with van der Waals surface area (Å²) in [5.41, 5.74) is 1.40. The van der Waals surface area contributed by atoms with Crippen molar-refractivity contribution in [3.8, 4) is 0 Å². The fourth-order valence-corrected chi connectivity index (χ4v) is 3.27. The molecule has 2 aromatic rings. The van der Waals surface area contributed by atoms with Crippen LogP contribution in [0.4, 0.5) is 4.79 Å². The van der Waals surface area contributed by atoms with E-state index in [1.165, 1.54) is 16.3 Å². The van der Waals surface area contributed by atoms with Crippen molar-refractivity contribution in [3.05, 3.63) is 24.3 Å². The summed E-state index contributed by atoms with van der Waals surface area (Å²) in [7, 11) is 0. The summed E-state index contributed by atoms with van der Waals surface area (Å²) in [6, 6.07) is 7.40. The lowest BCUT2D eigenvalue weighted by Crippen LogP contribution is -2.32.